The summed E-state index contributed by atoms with van der Waals surface area (Å²) in [5.41, 5.74) is 1.66. The molecule has 140 valence electrons. The molecule has 2 aromatic rings. The molecule has 0 aliphatic rings. The van der Waals surface area contributed by atoms with E-state index >= 15 is 0 Å². The van der Waals surface area contributed by atoms with Crippen LogP contribution in [0.4, 0.5) is 0 Å². The zero-order valence-electron chi connectivity index (χ0n) is 16.0. The van der Waals surface area contributed by atoms with Gasteiger partial charge in [-0.2, -0.15) is 0 Å². The highest BCUT2D eigenvalue weighted by Crippen LogP contribution is 2.24. The average molecular weight is 356 g/mol. The van der Waals surface area contributed by atoms with Crippen molar-refractivity contribution < 1.29 is 14.3 Å². The third kappa shape index (κ3) is 4.76. The number of ether oxygens (including phenoxy) is 2. The van der Waals surface area contributed by atoms with Crippen LogP contribution in [0.1, 0.15) is 35.8 Å². The van der Waals surface area contributed by atoms with Gasteiger partial charge in [0, 0.05) is 6.54 Å². The molecule has 26 heavy (non-hydrogen) atoms. The van der Waals surface area contributed by atoms with E-state index in [1.807, 2.05) is 18.2 Å². The van der Waals surface area contributed by atoms with Gasteiger partial charge in [-0.05, 0) is 36.9 Å². The Bertz CT molecular complexity index is 700. The molecule has 0 heterocycles. The van der Waals surface area contributed by atoms with Crippen LogP contribution >= 0.6 is 0 Å². The summed E-state index contributed by atoms with van der Waals surface area (Å²) in [5.74, 6) is 0.982. The maximum atomic E-state index is 12.8. The number of hydrogen-bond donors (Lipinski definition) is 1. The highest BCUT2D eigenvalue weighted by Gasteiger charge is 2.20. The van der Waals surface area contributed by atoms with Crippen LogP contribution in [0.2, 0.25) is 0 Å². The van der Waals surface area contributed by atoms with Crippen LogP contribution in [0.25, 0.3) is 0 Å². The van der Waals surface area contributed by atoms with Gasteiger partial charge < -0.3 is 14.8 Å². The molecule has 5 nitrogen and oxygen atoms in total. The fourth-order valence-electron chi connectivity index (χ4n) is 3.07. The highest BCUT2D eigenvalue weighted by atomic mass is 16.5. The van der Waals surface area contributed by atoms with E-state index < -0.39 is 0 Å². The highest BCUT2D eigenvalue weighted by molar-refractivity contribution is 5.97. The van der Waals surface area contributed by atoms with Gasteiger partial charge in [0.2, 0.25) is 0 Å². The molecule has 1 amide bonds. The van der Waals surface area contributed by atoms with Crippen LogP contribution in [-0.4, -0.2) is 44.7 Å². The van der Waals surface area contributed by atoms with Gasteiger partial charge in [0.25, 0.3) is 5.91 Å². The van der Waals surface area contributed by atoms with E-state index in [2.05, 4.69) is 36.2 Å². The SMILES string of the molecule is CCN(CC)C(CNC(=O)c1cc(OC)ccc1OC)c1ccccc1. The Kier molecular flexibility index (Phi) is 7.48. The first-order valence-corrected chi connectivity index (χ1v) is 8.93. The van der Waals surface area contributed by atoms with Gasteiger partial charge in [-0.3, -0.25) is 9.69 Å². The van der Waals surface area contributed by atoms with Crippen LogP contribution < -0.4 is 14.8 Å². The maximum Gasteiger partial charge on any atom is 0.255 e. The van der Waals surface area contributed by atoms with Crippen LogP contribution in [0.3, 0.4) is 0 Å². The first-order valence-electron chi connectivity index (χ1n) is 8.93. The molecule has 0 radical (unpaired) electrons. The maximum absolute atomic E-state index is 12.8. The fraction of sp³-hybridized carbons (Fsp3) is 0.381. The summed E-state index contributed by atoms with van der Waals surface area (Å²) in [6.07, 6.45) is 0. The molecule has 2 rings (SSSR count). The van der Waals surface area contributed by atoms with Gasteiger partial charge in [-0.25, -0.2) is 0 Å². The number of likely N-dealkylation sites (N-methyl/N-ethyl adjacent to an activating group) is 1. The van der Waals surface area contributed by atoms with Crippen molar-refractivity contribution in [3.05, 3.63) is 59.7 Å². The topological polar surface area (TPSA) is 50.8 Å². The van der Waals surface area contributed by atoms with Crippen LogP contribution in [0, 0.1) is 0 Å². The molecule has 5 heteroatoms. The van der Waals surface area contributed by atoms with Gasteiger partial charge in [-0.15, -0.1) is 0 Å². The lowest BCUT2D eigenvalue weighted by Gasteiger charge is -2.30. The minimum atomic E-state index is -0.172. The number of benzene rings is 2. The van der Waals surface area contributed by atoms with Crippen molar-refractivity contribution in [1.82, 2.24) is 10.2 Å². The van der Waals surface area contributed by atoms with E-state index in [0.29, 0.717) is 23.6 Å². The van der Waals surface area contributed by atoms with Crippen LogP contribution in [0.15, 0.2) is 48.5 Å². The monoisotopic (exact) mass is 356 g/mol. The summed E-state index contributed by atoms with van der Waals surface area (Å²) in [7, 11) is 3.14. The van der Waals surface area contributed by atoms with Gasteiger partial charge >= 0.3 is 0 Å². The summed E-state index contributed by atoms with van der Waals surface area (Å²) in [6, 6.07) is 15.6. The lowest BCUT2D eigenvalue weighted by Crippen LogP contribution is -2.38. The molecular weight excluding hydrogens is 328 g/mol. The number of nitrogens with zero attached hydrogens (tertiary/aromatic N) is 1. The largest absolute Gasteiger partial charge is 0.497 e. The molecule has 0 aliphatic heterocycles. The smallest absolute Gasteiger partial charge is 0.255 e. The number of rotatable bonds is 9. The third-order valence-electron chi connectivity index (χ3n) is 4.54. The van der Waals surface area contributed by atoms with E-state index in [4.69, 9.17) is 9.47 Å². The molecule has 1 atom stereocenters. The van der Waals surface area contributed by atoms with Crippen molar-refractivity contribution >= 4 is 5.91 Å². The second-order valence-corrected chi connectivity index (χ2v) is 5.92. The minimum Gasteiger partial charge on any atom is -0.497 e. The van der Waals surface area contributed by atoms with Gasteiger partial charge in [0.05, 0.1) is 25.8 Å². The molecular formula is C21H28N2O3. The number of hydrogen-bond acceptors (Lipinski definition) is 4. The number of amides is 1. The first-order chi connectivity index (χ1) is 12.6. The lowest BCUT2D eigenvalue weighted by molar-refractivity contribution is 0.0931. The number of carbonyl (C=O) groups excluding carboxylic acids is 1. The lowest BCUT2D eigenvalue weighted by atomic mass is 10.0. The zero-order valence-corrected chi connectivity index (χ0v) is 16.0. The Balaban J connectivity index is 2.19. The van der Waals surface area contributed by atoms with Gasteiger partial charge in [0.15, 0.2) is 0 Å². The molecule has 1 unspecified atom stereocenters. The van der Waals surface area contributed by atoms with E-state index in [0.717, 1.165) is 13.1 Å². The fourth-order valence-corrected chi connectivity index (χ4v) is 3.07. The molecule has 0 aromatic heterocycles. The van der Waals surface area contributed by atoms with Crippen molar-refractivity contribution in [3.63, 3.8) is 0 Å². The van der Waals surface area contributed by atoms with E-state index in [-0.39, 0.29) is 11.9 Å². The molecule has 0 aliphatic carbocycles. The van der Waals surface area contributed by atoms with Crippen molar-refractivity contribution in [2.75, 3.05) is 33.9 Å². The average Bonchev–Trinajstić information content (AvgIpc) is 2.70. The first kappa shape index (κ1) is 19.8. The summed E-state index contributed by atoms with van der Waals surface area (Å²) in [4.78, 5) is 15.1. The summed E-state index contributed by atoms with van der Waals surface area (Å²) < 4.78 is 10.5. The van der Waals surface area contributed by atoms with Crippen molar-refractivity contribution in [3.8, 4) is 11.5 Å². The van der Waals surface area contributed by atoms with Gasteiger partial charge in [0.1, 0.15) is 11.5 Å². The molecule has 2 aromatic carbocycles. The van der Waals surface area contributed by atoms with Crippen molar-refractivity contribution in [1.29, 1.82) is 0 Å². The molecule has 0 fully saturated rings. The van der Waals surface area contributed by atoms with E-state index in [9.17, 15) is 4.79 Å². The third-order valence-corrected chi connectivity index (χ3v) is 4.54. The Hall–Kier alpha value is -2.53. The van der Waals surface area contributed by atoms with Crippen LogP contribution in [0.5, 0.6) is 11.5 Å². The normalized spacial score (nSPS) is 11.9. The Morgan fingerprint density at radius 2 is 1.73 bits per heavy atom. The second kappa shape index (κ2) is 9.82. The molecule has 0 saturated carbocycles. The molecule has 0 spiro atoms. The standard InChI is InChI=1S/C21H28N2O3/c1-5-23(6-2)19(16-10-8-7-9-11-16)15-22-21(24)18-14-17(25-3)12-13-20(18)26-4/h7-14,19H,5-6,15H2,1-4H3,(H,22,24). The summed E-state index contributed by atoms with van der Waals surface area (Å²) in [5, 5.41) is 3.06. The quantitative estimate of drug-likeness (QED) is 0.747. The van der Waals surface area contributed by atoms with Gasteiger partial charge in [-0.1, -0.05) is 44.2 Å². The summed E-state index contributed by atoms with van der Waals surface area (Å²) in [6.45, 7) is 6.60. The molecule has 0 bridgehead atoms. The Labute approximate surface area is 155 Å². The molecule has 1 N–H and O–H groups in total. The van der Waals surface area contributed by atoms with Crippen molar-refractivity contribution in [2.45, 2.75) is 19.9 Å². The minimum absolute atomic E-state index is 0.117. The van der Waals surface area contributed by atoms with Crippen LogP contribution in [-0.2, 0) is 0 Å². The predicted molar refractivity (Wildman–Crippen MR) is 104 cm³/mol. The molecule has 0 saturated heterocycles. The number of nitrogens with one attached hydrogen (secondary N) is 1. The number of carbonyl (C=O) groups is 1. The predicted octanol–water partition coefficient (Wildman–Crippen LogP) is 3.52. The summed E-state index contributed by atoms with van der Waals surface area (Å²) >= 11 is 0. The Morgan fingerprint density at radius 3 is 2.31 bits per heavy atom. The Morgan fingerprint density at radius 1 is 1.04 bits per heavy atom. The van der Waals surface area contributed by atoms with Crippen molar-refractivity contribution in [2.24, 2.45) is 0 Å². The number of methoxy groups -OCH3 is 2. The van der Waals surface area contributed by atoms with E-state index in [1.54, 1.807) is 32.4 Å². The van der Waals surface area contributed by atoms with E-state index in [1.165, 1.54) is 5.56 Å². The second-order valence-electron chi connectivity index (χ2n) is 5.92. The zero-order chi connectivity index (χ0) is 18.9.